The molecule has 4 nitrogen and oxygen atoms in total. The molecule has 1 aliphatic rings. The van der Waals surface area contributed by atoms with E-state index in [4.69, 9.17) is 0 Å². The van der Waals surface area contributed by atoms with E-state index >= 15 is 0 Å². The predicted octanol–water partition coefficient (Wildman–Crippen LogP) is -2.81. The van der Waals surface area contributed by atoms with Crippen LogP contribution in [0.5, 0.6) is 0 Å². The Morgan fingerprint density at radius 2 is 1.63 bits per heavy atom. The number of benzene rings is 1. The van der Waals surface area contributed by atoms with Crippen molar-refractivity contribution in [2.75, 3.05) is 32.7 Å². The van der Waals surface area contributed by atoms with Gasteiger partial charge in [0.15, 0.2) is 0 Å². The summed E-state index contributed by atoms with van der Waals surface area (Å²) in [6.45, 7) is 8.60. The molecule has 1 heterocycles. The minimum absolute atomic E-state index is 0. The molecular formula is C14H19N2NaO2. The van der Waals surface area contributed by atoms with Crippen molar-refractivity contribution in [1.82, 2.24) is 9.80 Å². The fourth-order valence-electron chi connectivity index (χ4n) is 2.27. The molecule has 0 atom stereocenters. The molecular weight excluding hydrogens is 251 g/mol. The molecule has 1 aliphatic heterocycles. The topological polar surface area (TPSA) is 46.6 Å². The maximum Gasteiger partial charge on any atom is 1.00 e. The quantitative estimate of drug-likeness (QED) is 0.554. The Balaban J connectivity index is 0.00000180. The normalized spacial score (nSPS) is 16.9. The van der Waals surface area contributed by atoms with Crippen LogP contribution in [0.4, 0.5) is 0 Å². The largest absolute Gasteiger partial charge is 1.00 e. The number of carboxylic acids is 1. The molecule has 1 fully saturated rings. The number of aromatic carboxylic acids is 1. The van der Waals surface area contributed by atoms with Gasteiger partial charge in [0.05, 0.1) is 5.97 Å². The van der Waals surface area contributed by atoms with Gasteiger partial charge < -0.3 is 14.8 Å². The Morgan fingerprint density at radius 1 is 1.11 bits per heavy atom. The van der Waals surface area contributed by atoms with Crippen LogP contribution < -0.4 is 34.7 Å². The first-order valence-corrected chi connectivity index (χ1v) is 6.44. The zero-order chi connectivity index (χ0) is 13.0. The average molecular weight is 270 g/mol. The standard InChI is InChI=1S/C14H20N2O2.Na/c1-2-15-7-9-16(10-8-15)11-12-3-5-13(6-4-12)14(17)18;/h3-6H,2,7-11H2,1H3,(H,17,18);/q;+1/p-1. The smallest absolute Gasteiger partial charge is 0.545 e. The van der Waals surface area contributed by atoms with Gasteiger partial charge in [0.2, 0.25) is 0 Å². The molecule has 0 bridgehead atoms. The molecule has 1 saturated heterocycles. The van der Waals surface area contributed by atoms with Crippen molar-refractivity contribution >= 4 is 5.97 Å². The van der Waals surface area contributed by atoms with Crippen LogP contribution in [0.25, 0.3) is 0 Å². The second-order valence-corrected chi connectivity index (χ2v) is 4.69. The predicted molar refractivity (Wildman–Crippen MR) is 68.2 cm³/mol. The van der Waals surface area contributed by atoms with Gasteiger partial charge in [-0.05, 0) is 17.7 Å². The van der Waals surface area contributed by atoms with Crippen LogP contribution in [-0.2, 0) is 6.54 Å². The van der Waals surface area contributed by atoms with E-state index in [0.717, 1.165) is 44.8 Å². The van der Waals surface area contributed by atoms with E-state index in [-0.39, 0.29) is 35.1 Å². The third kappa shape index (κ3) is 4.89. The average Bonchev–Trinajstić information content (AvgIpc) is 2.40. The third-order valence-electron chi connectivity index (χ3n) is 3.51. The summed E-state index contributed by atoms with van der Waals surface area (Å²) in [5.41, 5.74) is 1.40. The van der Waals surface area contributed by atoms with Crippen LogP contribution in [0.1, 0.15) is 22.8 Å². The van der Waals surface area contributed by atoms with Gasteiger partial charge >= 0.3 is 29.6 Å². The van der Waals surface area contributed by atoms with Gasteiger partial charge in [-0.2, -0.15) is 0 Å². The number of carbonyl (C=O) groups excluding carboxylic acids is 1. The molecule has 1 aromatic carbocycles. The van der Waals surface area contributed by atoms with Crippen LogP contribution >= 0.6 is 0 Å². The molecule has 19 heavy (non-hydrogen) atoms. The minimum Gasteiger partial charge on any atom is -0.545 e. The van der Waals surface area contributed by atoms with Crippen molar-refractivity contribution in [2.24, 2.45) is 0 Å². The molecule has 0 aliphatic carbocycles. The van der Waals surface area contributed by atoms with E-state index in [2.05, 4.69) is 16.7 Å². The van der Waals surface area contributed by atoms with Crippen molar-refractivity contribution in [1.29, 1.82) is 0 Å². The van der Waals surface area contributed by atoms with Crippen molar-refractivity contribution in [3.8, 4) is 0 Å². The Labute approximate surface area is 136 Å². The molecule has 0 amide bonds. The zero-order valence-corrected chi connectivity index (χ0v) is 13.8. The fourth-order valence-corrected chi connectivity index (χ4v) is 2.27. The second kappa shape index (κ2) is 8.02. The Kier molecular flexibility index (Phi) is 7.04. The van der Waals surface area contributed by atoms with Crippen LogP contribution in [-0.4, -0.2) is 48.5 Å². The second-order valence-electron chi connectivity index (χ2n) is 4.69. The van der Waals surface area contributed by atoms with E-state index in [1.165, 1.54) is 0 Å². The van der Waals surface area contributed by atoms with Crippen molar-refractivity contribution in [2.45, 2.75) is 13.5 Å². The first kappa shape index (κ1) is 16.7. The monoisotopic (exact) mass is 270 g/mol. The Morgan fingerprint density at radius 3 is 2.11 bits per heavy atom. The van der Waals surface area contributed by atoms with Crippen LogP contribution in [0.3, 0.4) is 0 Å². The molecule has 5 heteroatoms. The fraction of sp³-hybridized carbons (Fsp3) is 0.500. The SMILES string of the molecule is CCN1CCN(Cc2ccc(C(=O)[O-])cc2)CC1.[Na+]. The first-order chi connectivity index (χ1) is 8.69. The summed E-state index contributed by atoms with van der Waals surface area (Å²) < 4.78 is 0. The zero-order valence-electron chi connectivity index (χ0n) is 11.8. The van der Waals surface area contributed by atoms with E-state index in [9.17, 15) is 9.90 Å². The molecule has 0 radical (unpaired) electrons. The Hall–Kier alpha value is -0.390. The number of carbonyl (C=O) groups is 1. The van der Waals surface area contributed by atoms with Crippen LogP contribution in [0.2, 0.25) is 0 Å². The molecule has 2 rings (SSSR count). The van der Waals surface area contributed by atoms with Gasteiger partial charge in [0.25, 0.3) is 0 Å². The van der Waals surface area contributed by atoms with Gasteiger partial charge in [-0.15, -0.1) is 0 Å². The maximum atomic E-state index is 10.6. The number of hydrogen-bond acceptors (Lipinski definition) is 4. The number of rotatable bonds is 4. The van der Waals surface area contributed by atoms with Gasteiger partial charge in [-0.3, -0.25) is 4.90 Å². The summed E-state index contributed by atoms with van der Waals surface area (Å²) >= 11 is 0. The van der Waals surface area contributed by atoms with Gasteiger partial charge in [-0.25, -0.2) is 0 Å². The van der Waals surface area contributed by atoms with Crippen molar-refractivity contribution in [3.63, 3.8) is 0 Å². The van der Waals surface area contributed by atoms with Gasteiger partial charge in [0, 0.05) is 32.7 Å². The summed E-state index contributed by atoms with van der Waals surface area (Å²) in [4.78, 5) is 15.5. The molecule has 0 unspecified atom stereocenters. The molecule has 0 spiro atoms. The molecule has 98 valence electrons. The number of carboxylic acid groups (broad SMARTS) is 1. The van der Waals surface area contributed by atoms with E-state index in [1.54, 1.807) is 12.1 Å². The van der Waals surface area contributed by atoms with Gasteiger partial charge in [0.1, 0.15) is 0 Å². The number of piperazine rings is 1. The van der Waals surface area contributed by atoms with Crippen LogP contribution in [0, 0.1) is 0 Å². The maximum absolute atomic E-state index is 10.6. The summed E-state index contributed by atoms with van der Waals surface area (Å²) in [5.74, 6) is -1.11. The minimum atomic E-state index is -1.11. The van der Waals surface area contributed by atoms with E-state index < -0.39 is 5.97 Å². The summed E-state index contributed by atoms with van der Waals surface area (Å²) in [5, 5.41) is 10.6. The summed E-state index contributed by atoms with van der Waals surface area (Å²) in [6.07, 6.45) is 0. The third-order valence-corrected chi connectivity index (χ3v) is 3.51. The van der Waals surface area contributed by atoms with E-state index in [0.29, 0.717) is 0 Å². The molecule has 0 aromatic heterocycles. The first-order valence-electron chi connectivity index (χ1n) is 6.44. The number of likely N-dealkylation sites (N-methyl/N-ethyl adjacent to an activating group) is 1. The van der Waals surface area contributed by atoms with Crippen molar-refractivity contribution < 1.29 is 39.5 Å². The van der Waals surface area contributed by atoms with Crippen molar-refractivity contribution in [3.05, 3.63) is 35.4 Å². The molecule has 0 saturated carbocycles. The Bertz CT molecular complexity index is 400. The summed E-state index contributed by atoms with van der Waals surface area (Å²) in [6, 6.07) is 6.98. The van der Waals surface area contributed by atoms with Gasteiger partial charge in [-0.1, -0.05) is 31.2 Å². The molecule has 1 aromatic rings. The van der Waals surface area contributed by atoms with E-state index in [1.807, 2.05) is 12.1 Å². The number of hydrogen-bond donors (Lipinski definition) is 0. The number of nitrogens with zero attached hydrogens (tertiary/aromatic N) is 2. The molecule has 0 N–H and O–H groups in total. The van der Waals surface area contributed by atoms with Crippen LogP contribution in [0.15, 0.2) is 24.3 Å². The summed E-state index contributed by atoms with van der Waals surface area (Å²) in [7, 11) is 0.